The number of aromatic nitrogens is 1. The molecule has 1 aromatic heterocycles. The molecule has 1 aliphatic rings. The molecule has 29 heavy (non-hydrogen) atoms. The Bertz CT molecular complexity index is 927. The third-order valence-electron chi connectivity index (χ3n) is 5.74. The van der Waals surface area contributed by atoms with Crippen LogP contribution in [0.2, 0.25) is 0 Å². The molecule has 3 aromatic rings. The zero-order valence-corrected chi connectivity index (χ0v) is 17.1. The van der Waals surface area contributed by atoms with Crippen LogP contribution in [0.4, 0.5) is 5.69 Å². The van der Waals surface area contributed by atoms with Gasteiger partial charge in [-0.05, 0) is 41.7 Å². The van der Waals surface area contributed by atoms with Crippen LogP contribution in [0.15, 0.2) is 72.9 Å². The van der Waals surface area contributed by atoms with E-state index < -0.39 is 0 Å². The molecule has 0 unspecified atom stereocenters. The van der Waals surface area contributed by atoms with Gasteiger partial charge in [-0.2, -0.15) is 0 Å². The van der Waals surface area contributed by atoms with Gasteiger partial charge in [-0.25, -0.2) is 0 Å². The fourth-order valence-electron chi connectivity index (χ4n) is 4.04. The second-order valence-corrected chi connectivity index (χ2v) is 8.02. The Morgan fingerprint density at radius 2 is 1.62 bits per heavy atom. The van der Waals surface area contributed by atoms with Crippen molar-refractivity contribution in [2.24, 2.45) is 0 Å². The SMILES string of the molecule is C[C@@H](CC(=O)Cc1ccc(-c2ccccc2)cc1)c1ccc(N2CCCC2)cn1. The molecular formula is C26H28N2O. The molecule has 1 aliphatic heterocycles. The van der Waals surface area contributed by atoms with E-state index in [0.29, 0.717) is 12.8 Å². The van der Waals surface area contributed by atoms with E-state index in [1.165, 1.54) is 29.7 Å². The number of rotatable bonds is 7. The number of benzene rings is 2. The van der Waals surface area contributed by atoms with E-state index in [1.54, 1.807) is 0 Å². The van der Waals surface area contributed by atoms with E-state index in [9.17, 15) is 4.79 Å². The standard InChI is InChI=1S/C26H28N2O/c1-20(26-14-13-24(19-27-26)28-15-5-6-16-28)17-25(29)18-21-9-11-23(12-10-21)22-7-3-2-4-8-22/h2-4,7-14,19-20H,5-6,15-18H2,1H3/t20-/m0/s1. The summed E-state index contributed by atoms with van der Waals surface area (Å²) in [5.41, 5.74) is 5.64. The van der Waals surface area contributed by atoms with Crippen molar-refractivity contribution >= 4 is 11.5 Å². The lowest BCUT2D eigenvalue weighted by Gasteiger charge is -2.18. The predicted octanol–water partition coefficient (Wildman–Crippen LogP) is 5.65. The summed E-state index contributed by atoms with van der Waals surface area (Å²) < 4.78 is 0. The van der Waals surface area contributed by atoms with Crippen molar-refractivity contribution in [2.75, 3.05) is 18.0 Å². The second-order valence-electron chi connectivity index (χ2n) is 8.02. The van der Waals surface area contributed by atoms with Crippen LogP contribution < -0.4 is 4.90 Å². The van der Waals surface area contributed by atoms with Crippen LogP contribution in [0, 0.1) is 0 Å². The normalized spacial score (nSPS) is 14.7. The number of carbonyl (C=O) groups excluding carboxylic acids is 1. The number of carbonyl (C=O) groups is 1. The van der Waals surface area contributed by atoms with E-state index in [1.807, 2.05) is 24.4 Å². The van der Waals surface area contributed by atoms with Gasteiger partial charge in [0.15, 0.2) is 0 Å². The van der Waals surface area contributed by atoms with Crippen LogP contribution in [-0.2, 0) is 11.2 Å². The first-order valence-electron chi connectivity index (χ1n) is 10.6. The number of hydrogen-bond acceptors (Lipinski definition) is 3. The van der Waals surface area contributed by atoms with Gasteiger partial charge in [0.2, 0.25) is 0 Å². The van der Waals surface area contributed by atoms with Crippen LogP contribution in [0.5, 0.6) is 0 Å². The highest BCUT2D eigenvalue weighted by Crippen LogP contribution is 2.24. The molecule has 3 nitrogen and oxygen atoms in total. The molecule has 4 rings (SSSR count). The summed E-state index contributed by atoms with van der Waals surface area (Å²) in [4.78, 5) is 19.6. The molecule has 0 N–H and O–H groups in total. The lowest BCUT2D eigenvalue weighted by molar-refractivity contribution is -0.118. The smallest absolute Gasteiger partial charge is 0.137 e. The maximum absolute atomic E-state index is 12.6. The van der Waals surface area contributed by atoms with Crippen LogP contribution in [-0.4, -0.2) is 23.9 Å². The Hall–Kier alpha value is -2.94. The van der Waals surface area contributed by atoms with Crippen molar-refractivity contribution in [1.29, 1.82) is 0 Å². The Kier molecular flexibility index (Phi) is 6.04. The minimum Gasteiger partial charge on any atom is -0.370 e. The van der Waals surface area contributed by atoms with E-state index in [0.717, 1.165) is 24.3 Å². The number of nitrogens with zero attached hydrogens (tertiary/aromatic N) is 2. The third kappa shape index (κ3) is 4.92. The first-order chi connectivity index (χ1) is 14.2. The number of ketones is 1. The van der Waals surface area contributed by atoms with Gasteiger partial charge < -0.3 is 4.90 Å². The van der Waals surface area contributed by atoms with E-state index in [4.69, 9.17) is 0 Å². The first-order valence-corrected chi connectivity index (χ1v) is 10.6. The Labute approximate surface area is 173 Å². The first kappa shape index (κ1) is 19.4. The molecule has 0 spiro atoms. The lowest BCUT2D eigenvalue weighted by atomic mass is 9.96. The minimum absolute atomic E-state index is 0.138. The molecule has 2 aromatic carbocycles. The number of hydrogen-bond donors (Lipinski definition) is 0. The summed E-state index contributed by atoms with van der Waals surface area (Å²) in [6.45, 7) is 4.34. The maximum atomic E-state index is 12.6. The molecule has 1 fully saturated rings. The molecule has 1 saturated heterocycles. The van der Waals surface area contributed by atoms with Gasteiger partial charge >= 0.3 is 0 Å². The second kappa shape index (κ2) is 9.04. The highest BCUT2D eigenvalue weighted by atomic mass is 16.1. The third-order valence-corrected chi connectivity index (χ3v) is 5.74. The van der Waals surface area contributed by atoms with Gasteiger partial charge in [0, 0.05) is 37.5 Å². The average molecular weight is 385 g/mol. The molecule has 2 heterocycles. The van der Waals surface area contributed by atoms with Crippen molar-refractivity contribution < 1.29 is 4.79 Å². The van der Waals surface area contributed by atoms with Crippen LogP contribution in [0.25, 0.3) is 11.1 Å². The van der Waals surface area contributed by atoms with Gasteiger partial charge in [-0.15, -0.1) is 0 Å². The molecular weight excluding hydrogens is 356 g/mol. The average Bonchev–Trinajstić information content (AvgIpc) is 3.30. The van der Waals surface area contributed by atoms with Crippen molar-refractivity contribution in [3.8, 4) is 11.1 Å². The van der Waals surface area contributed by atoms with Crippen molar-refractivity contribution in [3.63, 3.8) is 0 Å². The predicted molar refractivity (Wildman–Crippen MR) is 119 cm³/mol. The van der Waals surface area contributed by atoms with E-state index >= 15 is 0 Å². The summed E-state index contributed by atoms with van der Waals surface area (Å²) in [6.07, 6.45) is 5.49. The Morgan fingerprint density at radius 3 is 2.28 bits per heavy atom. The van der Waals surface area contributed by atoms with Gasteiger partial charge in [-0.1, -0.05) is 61.5 Å². The van der Waals surface area contributed by atoms with Gasteiger partial charge in [0.05, 0.1) is 11.9 Å². The summed E-state index contributed by atoms with van der Waals surface area (Å²) in [5.74, 6) is 0.397. The lowest BCUT2D eigenvalue weighted by Crippen LogP contribution is -2.18. The monoisotopic (exact) mass is 384 g/mol. The maximum Gasteiger partial charge on any atom is 0.137 e. The topological polar surface area (TPSA) is 33.2 Å². The molecule has 0 radical (unpaired) electrons. The zero-order chi connectivity index (χ0) is 20.1. The van der Waals surface area contributed by atoms with Crippen molar-refractivity contribution in [1.82, 2.24) is 4.98 Å². The Morgan fingerprint density at radius 1 is 0.931 bits per heavy atom. The van der Waals surface area contributed by atoms with E-state index in [-0.39, 0.29) is 11.7 Å². The fourth-order valence-corrected chi connectivity index (χ4v) is 4.04. The van der Waals surface area contributed by atoms with Gasteiger partial charge in [0.25, 0.3) is 0 Å². The van der Waals surface area contributed by atoms with Crippen molar-refractivity contribution in [2.45, 2.75) is 38.5 Å². The molecule has 0 saturated carbocycles. The van der Waals surface area contributed by atoms with Crippen LogP contribution >= 0.6 is 0 Å². The fraction of sp³-hybridized carbons (Fsp3) is 0.308. The summed E-state index contributed by atoms with van der Waals surface area (Å²) >= 11 is 0. The van der Waals surface area contributed by atoms with E-state index in [2.05, 4.69) is 65.3 Å². The molecule has 148 valence electrons. The van der Waals surface area contributed by atoms with Gasteiger partial charge in [-0.3, -0.25) is 9.78 Å². The number of pyridine rings is 1. The molecule has 1 atom stereocenters. The highest BCUT2D eigenvalue weighted by molar-refractivity contribution is 5.81. The summed E-state index contributed by atoms with van der Waals surface area (Å²) in [6, 6.07) is 22.9. The zero-order valence-electron chi connectivity index (χ0n) is 17.1. The van der Waals surface area contributed by atoms with Crippen LogP contribution in [0.3, 0.4) is 0 Å². The quantitative estimate of drug-likeness (QED) is 0.527. The number of anilines is 1. The minimum atomic E-state index is 0.138. The van der Waals surface area contributed by atoms with Crippen LogP contribution in [0.1, 0.15) is 43.4 Å². The highest BCUT2D eigenvalue weighted by Gasteiger charge is 2.16. The molecule has 0 bridgehead atoms. The Balaban J connectivity index is 1.33. The summed E-state index contributed by atoms with van der Waals surface area (Å²) in [7, 11) is 0. The van der Waals surface area contributed by atoms with Gasteiger partial charge in [0.1, 0.15) is 5.78 Å². The largest absolute Gasteiger partial charge is 0.370 e. The summed E-state index contributed by atoms with van der Waals surface area (Å²) in [5, 5.41) is 0. The molecule has 0 amide bonds. The molecule has 0 aliphatic carbocycles. The number of Topliss-reactive ketones (excluding diaryl/α,β-unsaturated/α-hetero) is 1. The van der Waals surface area contributed by atoms with Crippen molar-refractivity contribution in [3.05, 3.63) is 84.2 Å². The molecule has 3 heteroatoms.